The first-order valence-electron chi connectivity index (χ1n) is 10.6. The van der Waals surface area contributed by atoms with Crippen molar-refractivity contribution in [1.82, 2.24) is 9.55 Å². The van der Waals surface area contributed by atoms with Crippen molar-refractivity contribution in [1.29, 1.82) is 0 Å². The molecule has 0 saturated heterocycles. The van der Waals surface area contributed by atoms with Crippen LogP contribution in [0.3, 0.4) is 0 Å². The van der Waals surface area contributed by atoms with Gasteiger partial charge >= 0.3 is 24.5 Å². The maximum Gasteiger partial charge on any atom is 0.434 e. The van der Waals surface area contributed by atoms with Gasteiger partial charge in [0.25, 0.3) is 5.56 Å². The number of nitrogens with zero attached hydrogens (tertiary/aromatic N) is 3. The molecule has 7 nitrogen and oxygen atoms in total. The van der Waals surface area contributed by atoms with Crippen LogP contribution in [0, 0.1) is 0 Å². The lowest BCUT2D eigenvalue weighted by Gasteiger charge is -2.33. The van der Waals surface area contributed by atoms with Crippen molar-refractivity contribution in [3.05, 3.63) is 48.3 Å². The SMILES string of the molecule is CCCCn1c(N(c2cc(C(F)(F)F)cc(C(F)(F)F)c2Br)C(OC)C(=O)OC)nc(C(F)(F)F)c(Br)c1=O. The minimum Gasteiger partial charge on any atom is -0.466 e. The number of unbranched alkanes of at least 4 members (excludes halogenated alkanes) is 1. The van der Waals surface area contributed by atoms with Gasteiger partial charge in [-0.1, -0.05) is 13.3 Å². The molecule has 0 aliphatic heterocycles. The van der Waals surface area contributed by atoms with Crippen LogP contribution >= 0.6 is 31.9 Å². The number of hydrogen-bond donors (Lipinski definition) is 0. The maximum atomic E-state index is 13.8. The predicted molar refractivity (Wildman–Crippen MR) is 125 cm³/mol. The number of rotatable bonds is 8. The Balaban J connectivity index is 3.21. The zero-order chi connectivity index (χ0) is 30.1. The molecule has 0 aliphatic carbocycles. The summed E-state index contributed by atoms with van der Waals surface area (Å²) in [6, 6.07) is -0.0913. The van der Waals surface area contributed by atoms with Gasteiger partial charge in [-0.3, -0.25) is 14.3 Å². The summed E-state index contributed by atoms with van der Waals surface area (Å²) in [5.41, 5.74) is -8.10. The van der Waals surface area contributed by atoms with E-state index >= 15 is 0 Å². The molecule has 0 bridgehead atoms. The van der Waals surface area contributed by atoms with Gasteiger partial charge in [-0.15, -0.1) is 0 Å². The summed E-state index contributed by atoms with van der Waals surface area (Å²) in [5.74, 6) is -2.57. The molecule has 2 rings (SSSR count). The number of alkyl halides is 9. The van der Waals surface area contributed by atoms with Crippen molar-refractivity contribution in [2.24, 2.45) is 0 Å². The topological polar surface area (TPSA) is 73.7 Å². The normalized spacial score (nSPS) is 13.4. The molecule has 39 heavy (non-hydrogen) atoms. The molecule has 0 spiro atoms. The highest BCUT2D eigenvalue weighted by atomic mass is 79.9. The number of aromatic nitrogens is 2. The molecule has 0 aliphatic rings. The largest absolute Gasteiger partial charge is 0.466 e. The molecule has 2 aromatic rings. The van der Waals surface area contributed by atoms with Gasteiger partial charge in [-0.05, 0) is 50.4 Å². The smallest absolute Gasteiger partial charge is 0.434 e. The molecule has 1 aromatic carbocycles. The third-order valence-corrected chi connectivity index (χ3v) is 6.67. The van der Waals surface area contributed by atoms with Crippen LogP contribution in [-0.4, -0.2) is 36.0 Å². The lowest BCUT2D eigenvalue weighted by atomic mass is 10.1. The number of methoxy groups -OCH3 is 2. The minimum absolute atomic E-state index is 0.119. The van der Waals surface area contributed by atoms with E-state index in [1.807, 2.05) is 0 Å². The van der Waals surface area contributed by atoms with Crippen molar-refractivity contribution >= 4 is 49.5 Å². The fourth-order valence-corrected chi connectivity index (χ4v) is 4.48. The number of carbonyl (C=O) groups excluding carboxylic acids is 1. The van der Waals surface area contributed by atoms with Crippen molar-refractivity contribution in [3.8, 4) is 0 Å². The van der Waals surface area contributed by atoms with E-state index in [9.17, 15) is 49.1 Å². The Hall–Kier alpha value is -2.34. The molecule has 1 atom stereocenters. The monoisotopic (exact) mass is 705 g/mol. The van der Waals surface area contributed by atoms with Crippen LogP contribution in [0.15, 0.2) is 25.9 Å². The molecule has 0 amide bonds. The number of ether oxygens (including phenoxy) is 2. The number of halogens is 11. The molecular formula is C21H18Br2F9N3O4. The Labute approximate surface area is 231 Å². The average Bonchev–Trinajstić information content (AvgIpc) is 2.81. The molecule has 0 radical (unpaired) electrons. The van der Waals surface area contributed by atoms with Gasteiger partial charge in [0.15, 0.2) is 5.69 Å². The standard InChI is InChI=1S/C21H18Br2F9N3O4/c1-4-5-6-34-15(36)13(23)14(21(30,31)32)33-18(34)35(16(38-2)17(37)39-3)11-8-9(19(24,25)26)7-10(12(11)22)20(27,28)29/h7-8,16H,4-6H2,1-3H3. The number of anilines is 2. The first kappa shape index (κ1) is 32.9. The summed E-state index contributed by atoms with van der Waals surface area (Å²) in [6.07, 6.45) is -17.9. The lowest BCUT2D eigenvalue weighted by molar-refractivity contribution is -0.151. The van der Waals surface area contributed by atoms with E-state index in [-0.39, 0.29) is 30.0 Å². The van der Waals surface area contributed by atoms with E-state index in [1.165, 1.54) is 0 Å². The van der Waals surface area contributed by atoms with Crippen molar-refractivity contribution in [2.75, 3.05) is 19.1 Å². The lowest BCUT2D eigenvalue weighted by Crippen LogP contribution is -2.44. The molecule has 1 unspecified atom stereocenters. The fraction of sp³-hybridized carbons (Fsp3) is 0.476. The third-order valence-electron chi connectivity index (χ3n) is 5.12. The van der Waals surface area contributed by atoms with Gasteiger partial charge in [0.05, 0.1) is 28.4 Å². The van der Waals surface area contributed by atoms with E-state index in [1.54, 1.807) is 6.92 Å². The Morgan fingerprint density at radius 1 is 1.00 bits per heavy atom. The van der Waals surface area contributed by atoms with Crippen LogP contribution in [-0.2, 0) is 39.3 Å². The third kappa shape index (κ3) is 7.06. The van der Waals surface area contributed by atoms with E-state index in [0.29, 0.717) is 11.0 Å². The number of hydrogen-bond acceptors (Lipinski definition) is 6. The highest BCUT2D eigenvalue weighted by molar-refractivity contribution is 9.11. The Morgan fingerprint density at radius 2 is 1.59 bits per heavy atom. The van der Waals surface area contributed by atoms with Crippen LogP contribution in [0.1, 0.15) is 36.6 Å². The number of benzene rings is 1. The summed E-state index contributed by atoms with van der Waals surface area (Å²) < 4.78 is 132. The average molecular weight is 707 g/mol. The zero-order valence-electron chi connectivity index (χ0n) is 20.0. The van der Waals surface area contributed by atoms with Gasteiger partial charge in [0.1, 0.15) is 4.47 Å². The van der Waals surface area contributed by atoms with Crippen molar-refractivity contribution < 1.29 is 53.8 Å². The van der Waals surface area contributed by atoms with Crippen molar-refractivity contribution in [2.45, 2.75) is 51.1 Å². The van der Waals surface area contributed by atoms with E-state index in [2.05, 4.69) is 41.6 Å². The first-order chi connectivity index (χ1) is 17.8. The second kappa shape index (κ2) is 12.0. The van der Waals surface area contributed by atoms with Crippen LogP contribution < -0.4 is 10.5 Å². The summed E-state index contributed by atoms with van der Waals surface area (Å²) >= 11 is 5.09. The Bertz CT molecular complexity index is 1280. The number of esters is 1. The predicted octanol–water partition coefficient (Wildman–Crippen LogP) is 6.91. The van der Waals surface area contributed by atoms with Gasteiger partial charge in [0.2, 0.25) is 12.2 Å². The van der Waals surface area contributed by atoms with Crippen LogP contribution in [0.25, 0.3) is 0 Å². The second-order valence-electron chi connectivity index (χ2n) is 7.72. The molecule has 1 heterocycles. The molecule has 0 saturated carbocycles. The van der Waals surface area contributed by atoms with Gasteiger partial charge in [-0.2, -0.15) is 39.5 Å². The fourth-order valence-electron chi connectivity index (χ4n) is 3.31. The van der Waals surface area contributed by atoms with Gasteiger partial charge in [-0.25, -0.2) is 9.78 Å². The molecule has 18 heteroatoms. The zero-order valence-corrected chi connectivity index (χ0v) is 23.2. The van der Waals surface area contributed by atoms with Gasteiger partial charge < -0.3 is 9.47 Å². The summed E-state index contributed by atoms with van der Waals surface area (Å²) in [7, 11) is 1.58. The van der Waals surface area contributed by atoms with Crippen LogP contribution in [0.4, 0.5) is 51.1 Å². The summed E-state index contributed by atoms with van der Waals surface area (Å²) in [6.45, 7) is 1.26. The molecule has 1 aromatic heterocycles. The Morgan fingerprint density at radius 3 is 2.03 bits per heavy atom. The highest BCUT2D eigenvalue weighted by Crippen LogP contribution is 2.46. The second-order valence-corrected chi connectivity index (χ2v) is 9.30. The van der Waals surface area contributed by atoms with E-state index in [4.69, 9.17) is 4.74 Å². The summed E-state index contributed by atoms with van der Waals surface area (Å²) in [5, 5.41) is 0. The quantitative estimate of drug-likeness (QED) is 0.169. The molecule has 0 N–H and O–H groups in total. The molecule has 0 fully saturated rings. The molecular weight excluding hydrogens is 689 g/mol. The van der Waals surface area contributed by atoms with Crippen molar-refractivity contribution in [3.63, 3.8) is 0 Å². The number of carbonyl (C=O) groups is 1. The van der Waals surface area contributed by atoms with E-state index in [0.717, 1.165) is 14.2 Å². The first-order valence-corrected chi connectivity index (χ1v) is 12.1. The molecule has 218 valence electrons. The highest BCUT2D eigenvalue weighted by Gasteiger charge is 2.44. The van der Waals surface area contributed by atoms with Gasteiger partial charge in [0, 0.05) is 13.7 Å². The summed E-state index contributed by atoms with van der Waals surface area (Å²) in [4.78, 5) is 29.2. The Kier molecular flexibility index (Phi) is 10.1. The van der Waals surface area contributed by atoms with Crippen LogP contribution in [0.5, 0.6) is 0 Å². The van der Waals surface area contributed by atoms with Crippen LogP contribution in [0.2, 0.25) is 0 Å². The minimum atomic E-state index is -5.40. The maximum absolute atomic E-state index is 13.8. The van der Waals surface area contributed by atoms with E-state index < -0.39 is 73.7 Å².